The average Bonchev–Trinajstić information content (AvgIpc) is 2.39. The van der Waals surface area contributed by atoms with Crippen molar-refractivity contribution in [2.45, 2.75) is 38.3 Å². The molecule has 2 atom stereocenters. The summed E-state index contributed by atoms with van der Waals surface area (Å²) >= 11 is 0. The van der Waals surface area contributed by atoms with Crippen molar-refractivity contribution in [1.29, 1.82) is 0 Å². The Bertz CT molecular complexity index is 434. The largest absolute Gasteiger partial charge is 0.367 e. The SMILES string of the molecule is CC(N)C1CCCCN1c1cccc([N+](=O)[O-])c1. The molecule has 0 spiro atoms. The molecule has 0 aromatic heterocycles. The highest BCUT2D eigenvalue weighted by atomic mass is 16.6. The van der Waals surface area contributed by atoms with Crippen molar-refractivity contribution in [3.8, 4) is 0 Å². The second-order valence-electron chi connectivity index (χ2n) is 4.89. The van der Waals surface area contributed by atoms with E-state index < -0.39 is 0 Å². The zero-order chi connectivity index (χ0) is 13.1. The minimum absolute atomic E-state index is 0.0737. The third-order valence-corrected chi connectivity index (χ3v) is 3.53. The molecule has 1 aromatic carbocycles. The smallest absolute Gasteiger partial charge is 0.271 e. The molecule has 1 saturated heterocycles. The van der Waals surface area contributed by atoms with Gasteiger partial charge in [0.2, 0.25) is 0 Å². The van der Waals surface area contributed by atoms with Gasteiger partial charge in [0.15, 0.2) is 0 Å². The fourth-order valence-corrected chi connectivity index (χ4v) is 2.61. The monoisotopic (exact) mass is 249 g/mol. The number of hydrogen-bond acceptors (Lipinski definition) is 4. The maximum atomic E-state index is 10.8. The minimum Gasteiger partial charge on any atom is -0.367 e. The van der Waals surface area contributed by atoms with Crippen molar-refractivity contribution in [3.05, 3.63) is 34.4 Å². The van der Waals surface area contributed by atoms with Crippen LogP contribution in [0.5, 0.6) is 0 Å². The molecule has 2 unspecified atom stereocenters. The average molecular weight is 249 g/mol. The Morgan fingerprint density at radius 2 is 2.28 bits per heavy atom. The third kappa shape index (κ3) is 2.61. The van der Waals surface area contributed by atoms with Crippen LogP contribution >= 0.6 is 0 Å². The lowest BCUT2D eigenvalue weighted by Gasteiger charge is -2.39. The molecule has 5 heteroatoms. The van der Waals surface area contributed by atoms with Crippen LogP contribution in [0.15, 0.2) is 24.3 Å². The van der Waals surface area contributed by atoms with Gasteiger partial charge >= 0.3 is 0 Å². The number of hydrogen-bond donors (Lipinski definition) is 1. The quantitative estimate of drug-likeness (QED) is 0.659. The number of nitrogens with two attached hydrogens (primary N) is 1. The zero-order valence-corrected chi connectivity index (χ0v) is 10.6. The number of anilines is 1. The predicted molar refractivity (Wildman–Crippen MR) is 71.7 cm³/mol. The maximum absolute atomic E-state index is 10.8. The van der Waals surface area contributed by atoms with Crippen LogP contribution in [0.3, 0.4) is 0 Å². The summed E-state index contributed by atoms with van der Waals surface area (Å²) in [5, 5.41) is 10.8. The fourth-order valence-electron chi connectivity index (χ4n) is 2.61. The molecule has 0 aliphatic carbocycles. The van der Waals surface area contributed by atoms with Gasteiger partial charge in [-0.3, -0.25) is 10.1 Å². The van der Waals surface area contributed by atoms with Crippen LogP contribution < -0.4 is 10.6 Å². The summed E-state index contributed by atoms with van der Waals surface area (Å²) in [6.07, 6.45) is 3.35. The fraction of sp³-hybridized carbons (Fsp3) is 0.538. The number of piperidine rings is 1. The standard InChI is InChI=1S/C13H19N3O2/c1-10(14)13-7-2-3-8-15(13)11-5-4-6-12(9-11)16(17)18/h4-6,9-10,13H,2-3,7-8,14H2,1H3. The molecule has 2 N–H and O–H groups in total. The molecular formula is C13H19N3O2. The Morgan fingerprint density at radius 3 is 2.94 bits per heavy atom. The first-order chi connectivity index (χ1) is 8.59. The van der Waals surface area contributed by atoms with E-state index in [9.17, 15) is 10.1 Å². The second-order valence-corrected chi connectivity index (χ2v) is 4.89. The van der Waals surface area contributed by atoms with Crippen molar-refractivity contribution < 1.29 is 4.92 Å². The van der Waals surface area contributed by atoms with Gasteiger partial charge in [0.05, 0.1) is 4.92 Å². The van der Waals surface area contributed by atoms with E-state index in [1.54, 1.807) is 12.1 Å². The van der Waals surface area contributed by atoms with Gasteiger partial charge < -0.3 is 10.6 Å². The second kappa shape index (κ2) is 5.35. The molecule has 0 radical (unpaired) electrons. The normalized spacial score (nSPS) is 21.7. The van der Waals surface area contributed by atoms with Crippen LogP contribution in [-0.2, 0) is 0 Å². The van der Waals surface area contributed by atoms with E-state index in [1.165, 1.54) is 12.5 Å². The molecule has 18 heavy (non-hydrogen) atoms. The van der Waals surface area contributed by atoms with Gasteiger partial charge in [-0.25, -0.2) is 0 Å². The van der Waals surface area contributed by atoms with Crippen LogP contribution in [0, 0.1) is 10.1 Å². The Hall–Kier alpha value is -1.62. The molecule has 0 amide bonds. The van der Waals surface area contributed by atoms with E-state index in [4.69, 9.17) is 5.73 Å². The molecule has 1 heterocycles. The molecule has 0 bridgehead atoms. The number of benzene rings is 1. The van der Waals surface area contributed by atoms with Gasteiger partial charge in [0.1, 0.15) is 0 Å². The van der Waals surface area contributed by atoms with Crippen LogP contribution in [-0.4, -0.2) is 23.6 Å². The first-order valence-corrected chi connectivity index (χ1v) is 6.36. The molecule has 1 aromatic rings. The molecular weight excluding hydrogens is 230 g/mol. The zero-order valence-electron chi connectivity index (χ0n) is 10.6. The van der Waals surface area contributed by atoms with Gasteiger partial charge in [-0.05, 0) is 32.3 Å². The van der Waals surface area contributed by atoms with E-state index in [0.717, 1.165) is 25.1 Å². The molecule has 2 rings (SSSR count). The van der Waals surface area contributed by atoms with Crippen molar-refractivity contribution in [2.75, 3.05) is 11.4 Å². The summed E-state index contributed by atoms with van der Waals surface area (Å²) in [5.74, 6) is 0. The molecule has 0 saturated carbocycles. The van der Waals surface area contributed by atoms with Gasteiger partial charge in [-0.2, -0.15) is 0 Å². The highest BCUT2D eigenvalue weighted by Gasteiger charge is 2.26. The van der Waals surface area contributed by atoms with Crippen molar-refractivity contribution in [1.82, 2.24) is 0 Å². The summed E-state index contributed by atoms with van der Waals surface area (Å²) in [6.45, 7) is 2.92. The lowest BCUT2D eigenvalue weighted by Crippen LogP contribution is -2.49. The van der Waals surface area contributed by atoms with Crippen LogP contribution in [0.4, 0.5) is 11.4 Å². The van der Waals surface area contributed by atoms with Crippen LogP contribution in [0.25, 0.3) is 0 Å². The third-order valence-electron chi connectivity index (χ3n) is 3.53. The number of non-ortho nitro benzene ring substituents is 1. The summed E-state index contributed by atoms with van der Waals surface area (Å²) in [4.78, 5) is 12.7. The predicted octanol–water partition coefficient (Wildman–Crippen LogP) is 2.30. The highest BCUT2D eigenvalue weighted by Crippen LogP contribution is 2.28. The van der Waals surface area contributed by atoms with E-state index in [1.807, 2.05) is 13.0 Å². The van der Waals surface area contributed by atoms with E-state index in [2.05, 4.69) is 4.90 Å². The van der Waals surface area contributed by atoms with Crippen molar-refractivity contribution in [2.24, 2.45) is 5.73 Å². The number of nitro benzene ring substituents is 1. The summed E-state index contributed by atoms with van der Waals surface area (Å²) in [5.41, 5.74) is 7.07. The number of rotatable bonds is 3. The van der Waals surface area contributed by atoms with Crippen LogP contribution in [0.1, 0.15) is 26.2 Å². The maximum Gasteiger partial charge on any atom is 0.271 e. The van der Waals surface area contributed by atoms with Gasteiger partial charge in [0.25, 0.3) is 5.69 Å². The van der Waals surface area contributed by atoms with Crippen molar-refractivity contribution in [3.63, 3.8) is 0 Å². The molecule has 1 aliphatic rings. The van der Waals surface area contributed by atoms with E-state index >= 15 is 0 Å². The summed E-state index contributed by atoms with van der Waals surface area (Å²) < 4.78 is 0. The van der Waals surface area contributed by atoms with E-state index in [-0.39, 0.29) is 22.7 Å². The molecule has 5 nitrogen and oxygen atoms in total. The van der Waals surface area contributed by atoms with Gasteiger partial charge in [0, 0.05) is 36.4 Å². The Morgan fingerprint density at radius 1 is 1.50 bits per heavy atom. The number of nitrogens with zero attached hydrogens (tertiary/aromatic N) is 2. The lowest BCUT2D eigenvalue weighted by molar-refractivity contribution is -0.384. The summed E-state index contributed by atoms with van der Waals surface area (Å²) in [7, 11) is 0. The molecule has 98 valence electrons. The molecule has 1 fully saturated rings. The first kappa shape index (κ1) is 12.8. The summed E-state index contributed by atoms with van der Waals surface area (Å²) in [6, 6.07) is 7.17. The minimum atomic E-state index is -0.353. The van der Waals surface area contributed by atoms with Crippen LogP contribution in [0.2, 0.25) is 0 Å². The number of nitro groups is 1. The Labute approximate surface area is 107 Å². The van der Waals surface area contributed by atoms with Crippen molar-refractivity contribution >= 4 is 11.4 Å². The Balaban J connectivity index is 2.28. The Kier molecular flexibility index (Phi) is 3.81. The molecule has 1 aliphatic heterocycles. The van der Waals surface area contributed by atoms with E-state index in [0.29, 0.717) is 0 Å². The lowest BCUT2D eigenvalue weighted by atomic mass is 9.96. The first-order valence-electron chi connectivity index (χ1n) is 6.36. The van der Waals surface area contributed by atoms with Gasteiger partial charge in [-0.1, -0.05) is 6.07 Å². The van der Waals surface area contributed by atoms with Gasteiger partial charge in [-0.15, -0.1) is 0 Å². The highest BCUT2D eigenvalue weighted by molar-refractivity contribution is 5.54. The topological polar surface area (TPSA) is 72.4 Å².